The van der Waals surface area contributed by atoms with E-state index < -0.39 is 6.04 Å². The summed E-state index contributed by atoms with van der Waals surface area (Å²) in [5.41, 5.74) is 7.22. The predicted molar refractivity (Wildman–Crippen MR) is 91.8 cm³/mol. The molecule has 6 nitrogen and oxygen atoms in total. The minimum Gasteiger partial charge on any atom is -0.381 e. The van der Waals surface area contributed by atoms with Crippen molar-refractivity contribution in [3.63, 3.8) is 0 Å². The lowest BCUT2D eigenvalue weighted by atomic mass is 9.87. The minimum atomic E-state index is -0.487. The third-order valence-electron chi connectivity index (χ3n) is 4.97. The number of nitrogens with zero attached hydrogens (tertiary/aromatic N) is 1. The third kappa shape index (κ3) is 4.68. The van der Waals surface area contributed by atoms with E-state index in [1.807, 2.05) is 6.07 Å². The molecule has 130 valence electrons. The van der Waals surface area contributed by atoms with E-state index in [4.69, 9.17) is 10.5 Å². The highest BCUT2D eigenvalue weighted by Gasteiger charge is 2.27. The van der Waals surface area contributed by atoms with Crippen LogP contribution in [0.15, 0.2) is 6.07 Å². The van der Waals surface area contributed by atoms with Crippen molar-refractivity contribution in [2.24, 2.45) is 11.7 Å². The lowest BCUT2D eigenvalue weighted by Crippen LogP contribution is -2.44. The van der Waals surface area contributed by atoms with Gasteiger partial charge in [-0.2, -0.15) is 5.10 Å². The highest BCUT2D eigenvalue weighted by atomic mass is 35.5. The molecule has 1 amide bonds. The van der Waals surface area contributed by atoms with Gasteiger partial charge >= 0.3 is 0 Å². The Morgan fingerprint density at radius 2 is 1.96 bits per heavy atom. The van der Waals surface area contributed by atoms with Crippen molar-refractivity contribution in [3.8, 4) is 0 Å². The molecule has 1 atom stereocenters. The van der Waals surface area contributed by atoms with Gasteiger partial charge in [-0.3, -0.25) is 9.89 Å². The van der Waals surface area contributed by atoms with E-state index in [0.29, 0.717) is 24.9 Å². The van der Waals surface area contributed by atoms with Gasteiger partial charge in [-0.25, -0.2) is 0 Å². The van der Waals surface area contributed by atoms with Crippen LogP contribution in [0, 0.1) is 5.92 Å². The van der Waals surface area contributed by atoms with Crippen LogP contribution in [-0.2, 0) is 9.53 Å². The monoisotopic (exact) mass is 342 g/mol. The Labute approximate surface area is 143 Å². The van der Waals surface area contributed by atoms with Crippen molar-refractivity contribution in [1.82, 2.24) is 10.2 Å². The van der Waals surface area contributed by atoms with Gasteiger partial charge in [0, 0.05) is 30.9 Å². The van der Waals surface area contributed by atoms with E-state index in [9.17, 15) is 4.79 Å². The molecule has 1 unspecified atom stereocenters. The highest BCUT2D eigenvalue weighted by Crippen LogP contribution is 2.32. The molecule has 7 heteroatoms. The first-order chi connectivity index (χ1) is 10.7. The second-order valence-corrected chi connectivity index (χ2v) is 6.51. The maximum Gasteiger partial charge on any atom is 0.242 e. The number of aromatic amines is 1. The molecular formula is C16H27ClN4O2. The van der Waals surface area contributed by atoms with E-state index in [1.54, 1.807) is 0 Å². The Hall–Kier alpha value is -1.11. The number of hydrogen-bond acceptors (Lipinski definition) is 4. The van der Waals surface area contributed by atoms with Crippen molar-refractivity contribution in [3.05, 3.63) is 11.8 Å². The zero-order valence-electron chi connectivity index (χ0n) is 13.4. The van der Waals surface area contributed by atoms with E-state index >= 15 is 0 Å². The summed E-state index contributed by atoms with van der Waals surface area (Å²) in [7, 11) is 0. The zero-order chi connectivity index (χ0) is 15.4. The highest BCUT2D eigenvalue weighted by molar-refractivity contribution is 5.94. The first kappa shape index (κ1) is 18.2. The van der Waals surface area contributed by atoms with Crippen molar-refractivity contribution < 1.29 is 9.53 Å². The molecule has 1 saturated heterocycles. The fourth-order valence-corrected chi connectivity index (χ4v) is 3.52. The number of amides is 1. The molecule has 2 aliphatic rings. The molecule has 2 heterocycles. The molecule has 4 N–H and O–H groups in total. The summed E-state index contributed by atoms with van der Waals surface area (Å²) in [5, 5.41) is 10.1. The Bertz CT molecular complexity index is 496. The number of hydrogen-bond donors (Lipinski definition) is 3. The molecule has 3 rings (SSSR count). The van der Waals surface area contributed by atoms with Crippen LogP contribution in [0.1, 0.15) is 56.6 Å². The number of carbonyl (C=O) groups excluding carboxylic acids is 1. The van der Waals surface area contributed by atoms with E-state index in [1.165, 1.54) is 32.1 Å². The van der Waals surface area contributed by atoms with Crippen molar-refractivity contribution in [2.45, 2.75) is 56.9 Å². The zero-order valence-corrected chi connectivity index (χ0v) is 14.2. The molecule has 1 saturated carbocycles. The quantitative estimate of drug-likeness (QED) is 0.784. The SMILES string of the molecule is Cl.NC(C(=O)Nc1cc(C2CCCCC2)[nH]n1)C1CCOCC1. The molecule has 0 radical (unpaired) electrons. The van der Waals surface area contributed by atoms with Crippen LogP contribution in [0.3, 0.4) is 0 Å². The first-order valence-electron chi connectivity index (χ1n) is 8.43. The number of anilines is 1. The second-order valence-electron chi connectivity index (χ2n) is 6.51. The molecular weight excluding hydrogens is 316 g/mol. The standard InChI is InChI=1S/C16H26N4O2.ClH/c17-15(12-6-8-22-9-7-12)16(21)18-14-10-13(19-20-14)11-4-2-1-3-5-11;/h10-12,15H,1-9,17H2,(H2,18,19,20,21);1H. The molecule has 1 aromatic heterocycles. The van der Waals surface area contributed by atoms with Crippen molar-refractivity contribution in [2.75, 3.05) is 18.5 Å². The summed E-state index contributed by atoms with van der Waals surface area (Å²) in [4.78, 5) is 12.3. The largest absolute Gasteiger partial charge is 0.381 e. The Kier molecular flexibility index (Phi) is 6.87. The van der Waals surface area contributed by atoms with Gasteiger partial charge in [-0.15, -0.1) is 12.4 Å². The average Bonchev–Trinajstić information content (AvgIpc) is 3.04. The number of rotatable bonds is 4. The van der Waals surface area contributed by atoms with Crippen molar-refractivity contribution in [1.29, 1.82) is 0 Å². The van der Waals surface area contributed by atoms with E-state index in [0.717, 1.165) is 18.5 Å². The van der Waals surface area contributed by atoms with E-state index in [2.05, 4.69) is 15.5 Å². The van der Waals surface area contributed by atoms with Gasteiger partial charge in [0.05, 0.1) is 6.04 Å². The molecule has 1 aromatic rings. The molecule has 0 spiro atoms. The normalized spacial score (nSPS) is 21.4. The summed E-state index contributed by atoms with van der Waals surface area (Å²) < 4.78 is 5.31. The van der Waals surface area contributed by atoms with Gasteiger partial charge in [0.1, 0.15) is 0 Å². The van der Waals surface area contributed by atoms with Gasteiger partial charge in [0.15, 0.2) is 5.82 Å². The second kappa shape index (κ2) is 8.66. The van der Waals surface area contributed by atoms with Crippen LogP contribution in [0.25, 0.3) is 0 Å². The lowest BCUT2D eigenvalue weighted by Gasteiger charge is -2.26. The third-order valence-corrected chi connectivity index (χ3v) is 4.97. The maximum absolute atomic E-state index is 12.3. The Morgan fingerprint density at radius 3 is 2.65 bits per heavy atom. The van der Waals surface area contributed by atoms with Gasteiger partial charge in [-0.05, 0) is 31.6 Å². The summed E-state index contributed by atoms with van der Waals surface area (Å²) in [6.07, 6.45) is 7.99. The number of aromatic nitrogens is 2. The molecule has 23 heavy (non-hydrogen) atoms. The fourth-order valence-electron chi connectivity index (χ4n) is 3.52. The minimum absolute atomic E-state index is 0. The molecule has 1 aliphatic carbocycles. The molecule has 0 aromatic carbocycles. The maximum atomic E-state index is 12.3. The Morgan fingerprint density at radius 1 is 1.26 bits per heavy atom. The van der Waals surface area contributed by atoms with Crippen LogP contribution in [-0.4, -0.2) is 35.4 Å². The number of nitrogens with two attached hydrogens (primary N) is 1. The van der Waals surface area contributed by atoms with Crippen LogP contribution >= 0.6 is 12.4 Å². The fraction of sp³-hybridized carbons (Fsp3) is 0.750. The number of nitrogens with one attached hydrogen (secondary N) is 2. The summed E-state index contributed by atoms with van der Waals surface area (Å²) in [6, 6.07) is 1.48. The van der Waals surface area contributed by atoms with Gasteiger partial charge in [0.2, 0.25) is 5.91 Å². The van der Waals surface area contributed by atoms with Crippen LogP contribution in [0.2, 0.25) is 0 Å². The topological polar surface area (TPSA) is 93.0 Å². The summed E-state index contributed by atoms with van der Waals surface area (Å²) in [5.74, 6) is 1.20. The molecule has 1 aliphatic heterocycles. The summed E-state index contributed by atoms with van der Waals surface area (Å²) >= 11 is 0. The number of halogens is 1. The van der Waals surface area contributed by atoms with Gasteiger partial charge in [0.25, 0.3) is 0 Å². The van der Waals surface area contributed by atoms with Crippen LogP contribution < -0.4 is 11.1 Å². The lowest BCUT2D eigenvalue weighted by molar-refractivity contribution is -0.119. The summed E-state index contributed by atoms with van der Waals surface area (Å²) in [6.45, 7) is 1.39. The van der Waals surface area contributed by atoms with Crippen molar-refractivity contribution >= 4 is 24.1 Å². The van der Waals surface area contributed by atoms with E-state index in [-0.39, 0.29) is 24.2 Å². The van der Waals surface area contributed by atoms with Gasteiger partial charge in [-0.1, -0.05) is 19.3 Å². The van der Waals surface area contributed by atoms with Crippen LogP contribution in [0.5, 0.6) is 0 Å². The number of carbonyl (C=O) groups is 1. The number of ether oxygens (including phenoxy) is 1. The van der Waals surface area contributed by atoms with Gasteiger partial charge < -0.3 is 15.8 Å². The number of H-pyrrole nitrogens is 1. The molecule has 2 fully saturated rings. The average molecular weight is 343 g/mol. The predicted octanol–water partition coefficient (Wildman–Crippen LogP) is 2.57. The Balaban J connectivity index is 0.00000192. The smallest absolute Gasteiger partial charge is 0.242 e. The molecule has 0 bridgehead atoms. The first-order valence-corrected chi connectivity index (χ1v) is 8.43. The van der Waals surface area contributed by atoms with Crippen LogP contribution in [0.4, 0.5) is 5.82 Å².